The van der Waals surface area contributed by atoms with E-state index < -0.39 is 8.24 Å². The molecule has 0 radical (unpaired) electrons. The molecule has 4 heteroatoms. The lowest BCUT2D eigenvalue weighted by molar-refractivity contribution is 0.0950. The number of benzene rings is 1. The molecule has 94 valence electrons. The molecule has 0 fully saturated rings. The molecule has 2 aromatic rings. The molecule has 18 heavy (non-hydrogen) atoms. The zero-order valence-electron chi connectivity index (χ0n) is 10.9. The van der Waals surface area contributed by atoms with E-state index in [-0.39, 0.29) is 5.91 Å². The molecule has 2 rings (SSSR count). The van der Waals surface area contributed by atoms with Crippen molar-refractivity contribution in [2.45, 2.75) is 20.0 Å². The summed E-state index contributed by atoms with van der Waals surface area (Å²) in [5, 5.41) is 1.20. The van der Waals surface area contributed by atoms with Crippen LogP contribution in [0.2, 0.25) is 13.1 Å². The number of carbonyl (C=O) groups is 1. The molecule has 0 saturated carbocycles. The van der Waals surface area contributed by atoms with Crippen LogP contribution in [0.5, 0.6) is 0 Å². The van der Waals surface area contributed by atoms with E-state index in [4.69, 9.17) is 4.42 Å². The van der Waals surface area contributed by atoms with Crippen LogP contribution in [0.25, 0.3) is 0 Å². The third kappa shape index (κ3) is 2.54. The van der Waals surface area contributed by atoms with Crippen LogP contribution in [0.4, 0.5) is 0 Å². The van der Waals surface area contributed by atoms with Gasteiger partial charge in [0.2, 0.25) is 0 Å². The molecule has 0 bridgehead atoms. The van der Waals surface area contributed by atoms with Crippen molar-refractivity contribution in [3.05, 3.63) is 54.0 Å². The van der Waals surface area contributed by atoms with E-state index in [9.17, 15) is 4.79 Å². The number of amides is 1. The largest absolute Gasteiger partial charge is 0.459 e. The maximum absolute atomic E-state index is 12.1. The van der Waals surface area contributed by atoms with Gasteiger partial charge < -0.3 is 9.40 Å². The van der Waals surface area contributed by atoms with Crippen LogP contribution in [-0.2, 0) is 0 Å². The molecule has 0 spiro atoms. The van der Waals surface area contributed by atoms with Crippen molar-refractivity contribution in [2.75, 3.05) is 0 Å². The van der Waals surface area contributed by atoms with Gasteiger partial charge in [0.15, 0.2) is 14.0 Å². The highest BCUT2D eigenvalue weighted by Gasteiger charge is 2.28. The van der Waals surface area contributed by atoms with Gasteiger partial charge in [0.25, 0.3) is 5.91 Å². The van der Waals surface area contributed by atoms with E-state index in [0.29, 0.717) is 5.76 Å². The molecule has 0 aliphatic heterocycles. The fraction of sp³-hybridized carbons (Fsp3) is 0.214. The Labute approximate surface area is 108 Å². The van der Waals surface area contributed by atoms with Crippen molar-refractivity contribution in [1.29, 1.82) is 0 Å². The van der Waals surface area contributed by atoms with Gasteiger partial charge in [0.1, 0.15) is 0 Å². The summed E-state index contributed by atoms with van der Waals surface area (Å²) in [6.07, 6.45) is 1.54. The Kier molecular flexibility index (Phi) is 3.38. The smallest absolute Gasteiger partial charge is 0.279 e. The Morgan fingerprint density at radius 2 is 1.83 bits per heavy atom. The molecule has 0 saturated heterocycles. The van der Waals surface area contributed by atoms with E-state index in [1.54, 1.807) is 12.3 Å². The number of nitrogens with one attached hydrogen (secondary N) is 1. The Hall–Kier alpha value is -1.81. The van der Waals surface area contributed by atoms with Gasteiger partial charge in [0.05, 0.1) is 6.26 Å². The van der Waals surface area contributed by atoms with Gasteiger partial charge in [-0.1, -0.05) is 30.3 Å². The summed E-state index contributed by atoms with van der Waals surface area (Å²) in [4.78, 5) is 15.3. The average molecular weight is 259 g/mol. The fourth-order valence-corrected chi connectivity index (χ4v) is 3.72. The highest BCUT2D eigenvalue weighted by Crippen LogP contribution is 2.10. The first-order chi connectivity index (χ1) is 8.50. The number of hydrogen-bond acceptors (Lipinski definition) is 2. The zero-order chi connectivity index (χ0) is 13.2. The van der Waals surface area contributed by atoms with Crippen molar-refractivity contribution < 1.29 is 9.21 Å². The molecule has 1 aromatic heterocycles. The third-order valence-electron chi connectivity index (χ3n) is 2.99. The van der Waals surface area contributed by atoms with Crippen molar-refractivity contribution >= 4 is 19.3 Å². The number of aryl methyl sites for hydroxylation is 1. The minimum absolute atomic E-state index is 0.127. The van der Waals surface area contributed by atoms with E-state index in [1.807, 2.05) is 25.1 Å². The van der Waals surface area contributed by atoms with Crippen LogP contribution < -0.4 is 10.2 Å². The maximum Gasteiger partial charge on any atom is 0.279 e. The third-order valence-corrected chi connectivity index (χ3v) is 5.62. The number of rotatable bonds is 3. The first-order valence-corrected chi connectivity index (χ1v) is 8.93. The van der Waals surface area contributed by atoms with Gasteiger partial charge in [-0.2, -0.15) is 0 Å². The van der Waals surface area contributed by atoms with Gasteiger partial charge in [-0.3, -0.25) is 4.79 Å². The van der Waals surface area contributed by atoms with Crippen LogP contribution in [0.3, 0.4) is 0 Å². The first-order valence-electron chi connectivity index (χ1n) is 5.93. The van der Waals surface area contributed by atoms with Crippen LogP contribution >= 0.6 is 0 Å². The van der Waals surface area contributed by atoms with Gasteiger partial charge in [-0.15, -0.1) is 0 Å². The molecule has 1 amide bonds. The topological polar surface area (TPSA) is 42.2 Å². The summed E-state index contributed by atoms with van der Waals surface area (Å²) in [7, 11) is -1.98. The molecular formula is C14H17NO2Si. The van der Waals surface area contributed by atoms with Crippen molar-refractivity contribution in [2.24, 2.45) is 0 Å². The highest BCUT2D eigenvalue weighted by atomic mass is 28.3. The van der Waals surface area contributed by atoms with Crippen LogP contribution in [0.15, 0.2) is 47.1 Å². The summed E-state index contributed by atoms with van der Waals surface area (Å²) < 4.78 is 5.22. The SMILES string of the molecule is Cc1ccoc1C(=O)N[Si](C)(C)c1ccccc1. The predicted octanol–water partition coefficient (Wildman–Crippen LogP) is 2.43. The maximum atomic E-state index is 12.1. The second kappa shape index (κ2) is 4.82. The standard InChI is InChI=1S/C14H17NO2Si/c1-11-9-10-17-13(11)14(16)15-18(2,3)12-7-5-4-6-8-12/h4-10H,1-3H3,(H,15,16). The normalized spacial score (nSPS) is 11.3. The monoisotopic (exact) mass is 259 g/mol. The van der Waals surface area contributed by atoms with Gasteiger partial charge in [-0.05, 0) is 31.3 Å². The van der Waals surface area contributed by atoms with E-state index in [1.165, 1.54) is 5.19 Å². The Morgan fingerprint density at radius 3 is 2.39 bits per heavy atom. The van der Waals surface area contributed by atoms with Crippen LogP contribution in [-0.4, -0.2) is 14.1 Å². The molecule has 0 aliphatic carbocycles. The van der Waals surface area contributed by atoms with Crippen LogP contribution in [0.1, 0.15) is 16.1 Å². The molecule has 0 atom stereocenters. The van der Waals surface area contributed by atoms with Crippen molar-refractivity contribution in [3.63, 3.8) is 0 Å². The summed E-state index contributed by atoms with van der Waals surface area (Å²) >= 11 is 0. The van der Waals surface area contributed by atoms with E-state index >= 15 is 0 Å². The molecular weight excluding hydrogens is 242 g/mol. The zero-order valence-corrected chi connectivity index (χ0v) is 11.9. The molecule has 0 aliphatic rings. The first kappa shape index (κ1) is 12.6. The van der Waals surface area contributed by atoms with Crippen LogP contribution in [0, 0.1) is 6.92 Å². The lowest BCUT2D eigenvalue weighted by Crippen LogP contribution is -2.57. The Balaban J connectivity index is 2.19. The van der Waals surface area contributed by atoms with E-state index in [0.717, 1.165) is 5.56 Å². The molecule has 0 unspecified atom stereocenters. The number of furan rings is 1. The second-order valence-electron chi connectivity index (χ2n) is 4.88. The highest BCUT2D eigenvalue weighted by molar-refractivity contribution is 6.89. The van der Waals surface area contributed by atoms with Crippen molar-refractivity contribution in [1.82, 2.24) is 4.98 Å². The summed E-state index contributed by atoms with van der Waals surface area (Å²) in [5.41, 5.74) is 0.866. The van der Waals surface area contributed by atoms with Gasteiger partial charge >= 0.3 is 0 Å². The fourth-order valence-electron chi connectivity index (χ4n) is 1.87. The van der Waals surface area contributed by atoms with Crippen molar-refractivity contribution in [3.8, 4) is 0 Å². The quantitative estimate of drug-likeness (QED) is 0.860. The molecule has 1 N–H and O–H groups in total. The summed E-state index contributed by atoms with van der Waals surface area (Å²) in [6, 6.07) is 11.9. The lowest BCUT2D eigenvalue weighted by atomic mass is 10.3. The predicted molar refractivity (Wildman–Crippen MR) is 74.5 cm³/mol. The molecule has 1 heterocycles. The van der Waals surface area contributed by atoms with E-state index in [2.05, 4.69) is 30.2 Å². The van der Waals surface area contributed by atoms with Gasteiger partial charge in [-0.25, -0.2) is 0 Å². The number of hydrogen-bond donors (Lipinski definition) is 1. The molecule has 3 nitrogen and oxygen atoms in total. The minimum atomic E-state index is -1.98. The molecule has 1 aromatic carbocycles. The second-order valence-corrected chi connectivity index (χ2v) is 8.96. The average Bonchev–Trinajstić information content (AvgIpc) is 2.76. The Bertz CT molecular complexity index is 546. The summed E-state index contributed by atoms with van der Waals surface area (Å²) in [6.45, 7) is 6.09. The minimum Gasteiger partial charge on any atom is -0.459 e. The summed E-state index contributed by atoms with van der Waals surface area (Å²) in [5.74, 6) is 0.282. The number of carbonyl (C=O) groups excluding carboxylic acids is 1. The van der Waals surface area contributed by atoms with Gasteiger partial charge in [0, 0.05) is 5.56 Å². The Morgan fingerprint density at radius 1 is 1.17 bits per heavy atom. The lowest BCUT2D eigenvalue weighted by Gasteiger charge is -2.23.